The number of halogens is 1. The van der Waals surface area contributed by atoms with Crippen molar-refractivity contribution in [3.05, 3.63) is 50.6 Å². The van der Waals surface area contributed by atoms with E-state index in [0.717, 1.165) is 36.3 Å². The number of thiophene rings is 1. The van der Waals surface area contributed by atoms with Gasteiger partial charge in [0.25, 0.3) is 0 Å². The average molecular weight is 368 g/mol. The molecule has 2 aromatic rings. The van der Waals surface area contributed by atoms with Gasteiger partial charge in [-0.3, -0.25) is 0 Å². The third-order valence-corrected chi connectivity index (χ3v) is 4.51. The molecule has 4 heteroatoms. The van der Waals surface area contributed by atoms with E-state index in [1.54, 1.807) is 11.3 Å². The van der Waals surface area contributed by atoms with Gasteiger partial charge in [-0.25, -0.2) is 0 Å². The predicted molar refractivity (Wildman–Crippen MR) is 94.2 cm³/mol. The van der Waals surface area contributed by atoms with Crippen molar-refractivity contribution >= 4 is 27.3 Å². The van der Waals surface area contributed by atoms with Crippen molar-refractivity contribution in [2.75, 3.05) is 13.2 Å². The third-order valence-electron chi connectivity index (χ3n) is 3.08. The summed E-state index contributed by atoms with van der Waals surface area (Å²) in [5.41, 5.74) is 1.20. The first-order chi connectivity index (χ1) is 10.1. The maximum absolute atomic E-state index is 5.97. The highest BCUT2D eigenvalue weighted by Gasteiger charge is 2.05. The fourth-order valence-electron chi connectivity index (χ4n) is 2.04. The minimum Gasteiger partial charge on any atom is -0.493 e. The van der Waals surface area contributed by atoms with Crippen molar-refractivity contribution < 1.29 is 4.74 Å². The Kier molecular flexibility index (Phi) is 6.74. The summed E-state index contributed by atoms with van der Waals surface area (Å²) in [7, 11) is 0. The van der Waals surface area contributed by atoms with E-state index < -0.39 is 0 Å². The molecule has 0 saturated heterocycles. The van der Waals surface area contributed by atoms with Crippen LogP contribution in [0, 0.1) is 5.92 Å². The molecule has 0 bridgehead atoms. The molecule has 0 unspecified atom stereocenters. The Morgan fingerprint density at radius 1 is 1.29 bits per heavy atom. The lowest BCUT2D eigenvalue weighted by atomic mass is 10.2. The molecule has 0 saturated carbocycles. The van der Waals surface area contributed by atoms with Gasteiger partial charge >= 0.3 is 0 Å². The summed E-state index contributed by atoms with van der Waals surface area (Å²) in [6.45, 7) is 7.01. The molecule has 1 heterocycles. The number of ether oxygens (including phenoxy) is 1. The Labute approximate surface area is 139 Å². The molecule has 1 aromatic heterocycles. The highest BCUT2D eigenvalue weighted by atomic mass is 79.9. The van der Waals surface area contributed by atoms with Gasteiger partial charge < -0.3 is 10.1 Å². The molecule has 0 aliphatic carbocycles. The lowest BCUT2D eigenvalue weighted by Gasteiger charge is -2.13. The highest BCUT2D eigenvalue weighted by Crippen LogP contribution is 2.23. The molecule has 0 radical (unpaired) electrons. The van der Waals surface area contributed by atoms with Gasteiger partial charge in [-0.1, -0.05) is 35.8 Å². The molecule has 21 heavy (non-hydrogen) atoms. The number of hydrogen-bond donors (Lipinski definition) is 1. The highest BCUT2D eigenvalue weighted by molar-refractivity contribution is 9.10. The minimum absolute atomic E-state index is 0.653. The summed E-state index contributed by atoms with van der Waals surface area (Å²) in [5, 5.41) is 5.58. The first-order valence-electron chi connectivity index (χ1n) is 7.29. The standard InChI is InChI=1S/C17H22BrNOS/c1-13(2)11-19-12-14-10-15(18)5-6-17(14)20-8-7-16-4-3-9-21-16/h3-6,9-10,13,19H,7-8,11-12H2,1-2H3. The van der Waals surface area contributed by atoms with Gasteiger partial charge in [0.2, 0.25) is 0 Å². The van der Waals surface area contributed by atoms with Gasteiger partial charge in [0.05, 0.1) is 6.61 Å². The summed E-state index contributed by atoms with van der Waals surface area (Å²) < 4.78 is 7.06. The zero-order valence-electron chi connectivity index (χ0n) is 12.6. The Morgan fingerprint density at radius 2 is 2.14 bits per heavy atom. The van der Waals surface area contributed by atoms with Gasteiger partial charge in [0.15, 0.2) is 0 Å². The zero-order chi connectivity index (χ0) is 15.1. The summed E-state index contributed by atoms with van der Waals surface area (Å²) >= 11 is 5.32. The first-order valence-corrected chi connectivity index (χ1v) is 8.96. The van der Waals surface area contributed by atoms with Crippen molar-refractivity contribution in [1.29, 1.82) is 0 Å². The van der Waals surface area contributed by atoms with Crippen LogP contribution >= 0.6 is 27.3 Å². The van der Waals surface area contributed by atoms with Gasteiger partial charge in [-0.2, -0.15) is 0 Å². The van der Waals surface area contributed by atoms with Crippen LogP contribution in [0.4, 0.5) is 0 Å². The van der Waals surface area contributed by atoms with E-state index >= 15 is 0 Å². The number of hydrogen-bond acceptors (Lipinski definition) is 3. The van der Waals surface area contributed by atoms with Crippen molar-refractivity contribution in [3.63, 3.8) is 0 Å². The number of benzene rings is 1. The van der Waals surface area contributed by atoms with Crippen LogP contribution in [-0.4, -0.2) is 13.2 Å². The van der Waals surface area contributed by atoms with Crippen molar-refractivity contribution in [2.24, 2.45) is 5.92 Å². The Balaban J connectivity index is 1.90. The molecular formula is C17H22BrNOS. The van der Waals surface area contributed by atoms with Crippen LogP contribution < -0.4 is 10.1 Å². The smallest absolute Gasteiger partial charge is 0.123 e. The van der Waals surface area contributed by atoms with E-state index in [4.69, 9.17) is 4.74 Å². The normalized spacial score (nSPS) is 11.0. The van der Waals surface area contributed by atoms with Crippen molar-refractivity contribution in [1.82, 2.24) is 5.32 Å². The second-order valence-electron chi connectivity index (χ2n) is 5.45. The van der Waals surface area contributed by atoms with Gasteiger partial charge in [0.1, 0.15) is 5.75 Å². The van der Waals surface area contributed by atoms with Crippen LogP contribution in [0.5, 0.6) is 5.75 Å². The molecule has 0 spiro atoms. The van der Waals surface area contributed by atoms with Crippen LogP contribution in [0.1, 0.15) is 24.3 Å². The monoisotopic (exact) mass is 367 g/mol. The zero-order valence-corrected chi connectivity index (χ0v) is 15.0. The van der Waals surface area contributed by atoms with Gasteiger partial charge in [-0.05, 0) is 42.1 Å². The quantitative estimate of drug-likeness (QED) is 0.717. The molecule has 0 atom stereocenters. The molecule has 0 fully saturated rings. The largest absolute Gasteiger partial charge is 0.493 e. The van der Waals surface area contributed by atoms with Crippen molar-refractivity contribution in [3.8, 4) is 5.75 Å². The summed E-state index contributed by atoms with van der Waals surface area (Å²) in [6, 6.07) is 10.5. The van der Waals surface area contributed by atoms with E-state index in [-0.39, 0.29) is 0 Å². The summed E-state index contributed by atoms with van der Waals surface area (Å²) in [5.74, 6) is 1.63. The van der Waals surface area contributed by atoms with Crippen LogP contribution in [0.15, 0.2) is 40.2 Å². The Bertz CT molecular complexity index is 540. The fraction of sp³-hybridized carbons (Fsp3) is 0.412. The van der Waals surface area contributed by atoms with Gasteiger partial charge in [-0.15, -0.1) is 11.3 Å². The number of rotatable bonds is 8. The van der Waals surface area contributed by atoms with Crippen molar-refractivity contribution in [2.45, 2.75) is 26.8 Å². The van der Waals surface area contributed by atoms with E-state index in [9.17, 15) is 0 Å². The van der Waals surface area contributed by atoms with Crippen LogP contribution in [-0.2, 0) is 13.0 Å². The van der Waals surface area contributed by atoms with Crippen LogP contribution in [0.2, 0.25) is 0 Å². The molecule has 0 aliphatic rings. The third kappa shape index (κ3) is 5.81. The molecule has 114 valence electrons. The van der Waals surface area contributed by atoms with Gasteiger partial charge in [0, 0.05) is 27.9 Å². The molecule has 2 nitrogen and oxygen atoms in total. The summed E-state index contributed by atoms with van der Waals surface area (Å²) in [4.78, 5) is 1.37. The molecule has 0 amide bonds. The fourth-order valence-corrected chi connectivity index (χ4v) is 3.14. The topological polar surface area (TPSA) is 21.3 Å². The molecule has 2 rings (SSSR count). The minimum atomic E-state index is 0.653. The molecule has 1 aromatic carbocycles. The van der Waals surface area contributed by atoms with E-state index in [0.29, 0.717) is 5.92 Å². The Morgan fingerprint density at radius 3 is 2.86 bits per heavy atom. The Hall–Kier alpha value is -0.840. The number of nitrogens with one attached hydrogen (secondary N) is 1. The predicted octanol–water partition coefficient (Wildman–Crippen LogP) is 4.88. The first kappa shape index (κ1) is 16.5. The molecule has 1 N–H and O–H groups in total. The van der Waals surface area contributed by atoms with E-state index in [1.807, 2.05) is 12.1 Å². The van der Waals surface area contributed by atoms with E-state index in [1.165, 1.54) is 10.4 Å². The van der Waals surface area contributed by atoms with Crippen LogP contribution in [0.3, 0.4) is 0 Å². The average Bonchev–Trinajstić information content (AvgIpc) is 2.94. The summed E-state index contributed by atoms with van der Waals surface area (Å²) in [6.07, 6.45) is 0.965. The maximum Gasteiger partial charge on any atom is 0.123 e. The second-order valence-corrected chi connectivity index (χ2v) is 7.40. The SMILES string of the molecule is CC(C)CNCc1cc(Br)ccc1OCCc1cccs1. The second kappa shape index (κ2) is 8.57. The molecule has 0 aliphatic heterocycles. The maximum atomic E-state index is 5.97. The molecular weight excluding hydrogens is 346 g/mol. The van der Waals surface area contributed by atoms with Crippen LogP contribution in [0.25, 0.3) is 0 Å². The van der Waals surface area contributed by atoms with E-state index in [2.05, 4.69) is 58.7 Å². The lowest BCUT2D eigenvalue weighted by Crippen LogP contribution is -2.19. The lowest BCUT2D eigenvalue weighted by molar-refractivity contribution is 0.318.